The third kappa shape index (κ3) is 5.90. The van der Waals surface area contributed by atoms with Crippen LogP contribution in [0.2, 0.25) is 0 Å². The summed E-state index contributed by atoms with van der Waals surface area (Å²) in [7, 11) is 1.78. The molecule has 2 atom stereocenters. The van der Waals surface area contributed by atoms with Crippen molar-refractivity contribution in [2.75, 3.05) is 20.1 Å². The van der Waals surface area contributed by atoms with Crippen LogP contribution in [0.25, 0.3) is 0 Å². The third-order valence-electron chi connectivity index (χ3n) is 5.21. The summed E-state index contributed by atoms with van der Waals surface area (Å²) in [6.07, 6.45) is 1.76. The molecule has 2 N–H and O–H groups in total. The zero-order valence-electron chi connectivity index (χ0n) is 17.5. The average Bonchev–Trinajstić information content (AvgIpc) is 3.08. The maximum atomic E-state index is 13.0. The Morgan fingerprint density at radius 3 is 2.59 bits per heavy atom. The number of ether oxygens (including phenoxy) is 1. The number of guanidine groups is 1. The van der Waals surface area contributed by atoms with Gasteiger partial charge < -0.3 is 15.4 Å². The van der Waals surface area contributed by atoms with Crippen molar-refractivity contribution in [3.8, 4) is 11.6 Å². The Kier molecular flexibility index (Phi) is 7.04. The summed E-state index contributed by atoms with van der Waals surface area (Å²) >= 11 is 0. The van der Waals surface area contributed by atoms with E-state index in [1.54, 1.807) is 31.4 Å². The van der Waals surface area contributed by atoms with Crippen LogP contribution in [0.5, 0.6) is 11.6 Å². The first kappa shape index (κ1) is 21.0. The minimum Gasteiger partial charge on any atom is -0.439 e. The van der Waals surface area contributed by atoms with Crippen LogP contribution in [0.4, 0.5) is 4.39 Å². The molecule has 0 radical (unpaired) electrons. The van der Waals surface area contributed by atoms with E-state index < -0.39 is 0 Å². The molecular formula is C22H30FN5O. The number of benzene rings is 1. The van der Waals surface area contributed by atoms with Gasteiger partial charge in [-0.05, 0) is 49.6 Å². The third-order valence-corrected chi connectivity index (χ3v) is 5.21. The average molecular weight is 400 g/mol. The molecule has 0 spiro atoms. The highest BCUT2D eigenvalue weighted by Crippen LogP contribution is 2.20. The summed E-state index contributed by atoms with van der Waals surface area (Å²) in [5.74, 6) is 2.09. The maximum Gasteiger partial charge on any atom is 0.219 e. The predicted molar refractivity (Wildman–Crippen MR) is 114 cm³/mol. The van der Waals surface area contributed by atoms with Crippen LogP contribution in [0.1, 0.15) is 26.3 Å². The molecule has 1 saturated heterocycles. The minimum absolute atomic E-state index is 0.294. The number of likely N-dealkylation sites (tertiary alicyclic amines) is 1. The van der Waals surface area contributed by atoms with Gasteiger partial charge in [-0.1, -0.05) is 13.0 Å². The molecular weight excluding hydrogens is 369 g/mol. The van der Waals surface area contributed by atoms with Gasteiger partial charge in [0.2, 0.25) is 5.88 Å². The maximum absolute atomic E-state index is 13.0. The zero-order valence-corrected chi connectivity index (χ0v) is 17.5. The van der Waals surface area contributed by atoms with Crippen molar-refractivity contribution in [3.05, 3.63) is 54.0 Å². The number of nitrogens with zero attached hydrogens (tertiary/aromatic N) is 3. The lowest BCUT2D eigenvalue weighted by Crippen LogP contribution is -2.46. The van der Waals surface area contributed by atoms with Crippen molar-refractivity contribution < 1.29 is 9.13 Å². The molecule has 1 aromatic carbocycles. The second-order valence-corrected chi connectivity index (χ2v) is 7.76. The summed E-state index contributed by atoms with van der Waals surface area (Å²) in [4.78, 5) is 11.2. The minimum atomic E-state index is -0.294. The Morgan fingerprint density at radius 2 is 2.00 bits per heavy atom. The van der Waals surface area contributed by atoms with E-state index in [1.165, 1.54) is 12.1 Å². The number of aromatic nitrogens is 1. The highest BCUT2D eigenvalue weighted by Gasteiger charge is 2.31. The van der Waals surface area contributed by atoms with Crippen molar-refractivity contribution in [3.63, 3.8) is 0 Å². The molecule has 156 valence electrons. The Balaban J connectivity index is 1.50. The quantitative estimate of drug-likeness (QED) is 0.576. The van der Waals surface area contributed by atoms with Crippen LogP contribution >= 0.6 is 0 Å². The summed E-state index contributed by atoms with van der Waals surface area (Å²) in [6.45, 7) is 9.48. The van der Waals surface area contributed by atoms with Crippen LogP contribution in [0, 0.1) is 11.7 Å². The van der Waals surface area contributed by atoms with E-state index in [0.717, 1.165) is 24.6 Å². The van der Waals surface area contributed by atoms with Crippen LogP contribution in [0.3, 0.4) is 0 Å². The smallest absolute Gasteiger partial charge is 0.219 e. The zero-order chi connectivity index (χ0) is 20.8. The largest absolute Gasteiger partial charge is 0.439 e. The molecule has 29 heavy (non-hydrogen) atoms. The molecule has 1 aromatic heterocycles. The second-order valence-electron chi connectivity index (χ2n) is 7.76. The van der Waals surface area contributed by atoms with Gasteiger partial charge in [-0.25, -0.2) is 9.37 Å². The molecule has 1 fully saturated rings. The number of aliphatic imine (C=N–C) groups is 1. The van der Waals surface area contributed by atoms with E-state index in [-0.39, 0.29) is 5.82 Å². The van der Waals surface area contributed by atoms with E-state index in [2.05, 4.69) is 46.3 Å². The van der Waals surface area contributed by atoms with Crippen molar-refractivity contribution in [2.45, 2.75) is 39.4 Å². The molecule has 1 aliphatic heterocycles. The molecule has 2 heterocycles. The van der Waals surface area contributed by atoms with E-state index in [9.17, 15) is 4.39 Å². The van der Waals surface area contributed by atoms with Crippen molar-refractivity contribution in [1.82, 2.24) is 20.5 Å². The first-order chi connectivity index (χ1) is 13.9. The molecule has 2 unspecified atom stereocenters. The highest BCUT2D eigenvalue weighted by molar-refractivity contribution is 5.80. The van der Waals surface area contributed by atoms with Gasteiger partial charge in [-0.15, -0.1) is 0 Å². The molecule has 2 aromatic rings. The number of hydrogen-bond donors (Lipinski definition) is 2. The molecule has 0 bridgehead atoms. The molecule has 1 aliphatic rings. The monoisotopic (exact) mass is 399 g/mol. The summed E-state index contributed by atoms with van der Waals surface area (Å²) < 4.78 is 18.6. The van der Waals surface area contributed by atoms with E-state index in [1.807, 2.05) is 6.07 Å². The van der Waals surface area contributed by atoms with Gasteiger partial charge in [0.1, 0.15) is 11.6 Å². The fourth-order valence-corrected chi connectivity index (χ4v) is 3.37. The van der Waals surface area contributed by atoms with Crippen LogP contribution in [-0.2, 0) is 6.54 Å². The number of halogens is 1. The topological polar surface area (TPSA) is 61.8 Å². The van der Waals surface area contributed by atoms with Gasteiger partial charge in [-0.2, -0.15) is 0 Å². The molecule has 0 amide bonds. The Labute approximate surface area is 172 Å². The lowest BCUT2D eigenvalue weighted by molar-refractivity contribution is 0.265. The van der Waals surface area contributed by atoms with Gasteiger partial charge in [-0.3, -0.25) is 9.89 Å². The predicted octanol–water partition coefficient (Wildman–Crippen LogP) is 3.41. The fourth-order valence-electron chi connectivity index (χ4n) is 3.37. The number of rotatable bonds is 6. The van der Waals surface area contributed by atoms with Crippen LogP contribution in [-0.4, -0.2) is 48.1 Å². The first-order valence-corrected chi connectivity index (χ1v) is 10.0. The number of hydrogen-bond acceptors (Lipinski definition) is 4. The first-order valence-electron chi connectivity index (χ1n) is 10.0. The van der Waals surface area contributed by atoms with Crippen LogP contribution in [0.15, 0.2) is 47.6 Å². The molecule has 0 saturated carbocycles. The van der Waals surface area contributed by atoms with E-state index >= 15 is 0 Å². The molecule has 3 rings (SSSR count). The Bertz CT molecular complexity index is 807. The van der Waals surface area contributed by atoms with Gasteiger partial charge in [0, 0.05) is 51.0 Å². The van der Waals surface area contributed by atoms with Crippen LogP contribution < -0.4 is 15.4 Å². The highest BCUT2D eigenvalue weighted by atomic mass is 19.1. The van der Waals surface area contributed by atoms with Crippen molar-refractivity contribution in [2.24, 2.45) is 10.9 Å². The van der Waals surface area contributed by atoms with Gasteiger partial charge in [0.15, 0.2) is 5.96 Å². The van der Waals surface area contributed by atoms with Crippen molar-refractivity contribution in [1.29, 1.82) is 0 Å². The number of nitrogens with one attached hydrogen (secondary N) is 2. The summed E-state index contributed by atoms with van der Waals surface area (Å²) in [6, 6.07) is 10.6. The lowest BCUT2D eigenvalue weighted by atomic mass is 10.1. The Hall–Kier alpha value is -2.67. The standard InChI is InChI=1S/C22H30FN5O/c1-15(2)28-13-16(3)20(14-28)27-22(24-4)26-12-17-5-10-21(25-11-17)29-19-8-6-18(23)7-9-19/h5-11,15-16,20H,12-14H2,1-4H3,(H2,24,26,27). The molecule has 6 nitrogen and oxygen atoms in total. The van der Waals surface area contributed by atoms with E-state index in [4.69, 9.17) is 4.74 Å². The van der Waals surface area contributed by atoms with E-state index in [0.29, 0.717) is 36.2 Å². The number of pyridine rings is 1. The van der Waals surface area contributed by atoms with Gasteiger partial charge >= 0.3 is 0 Å². The second kappa shape index (κ2) is 9.69. The fraction of sp³-hybridized carbons (Fsp3) is 0.455. The summed E-state index contributed by atoms with van der Waals surface area (Å²) in [5.41, 5.74) is 1.02. The SMILES string of the molecule is CN=C(NCc1ccc(Oc2ccc(F)cc2)nc1)NC1CN(C(C)C)CC1C. The molecule has 0 aliphatic carbocycles. The lowest BCUT2D eigenvalue weighted by Gasteiger charge is -2.22. The van der Waals surface area contributed by atoms with Gasteiger partial charge in [0.25, 0.3) is 0 Å². The Morgan fingerprint density at radius 1 is 1.24 bits per heavy atom. The summed E-state index contributed by atoms with van der Waals surface area (Å²) in [5, 5.41) is 6.89. The van der Waals surface area contributed by atoms with Crippen molar-refractivity contribution >= 4 is 5.96 Å². The van der Waals surface area contributed by atoms with Gasteiger partial charge in [0.05, 0.1) is 0 Å². The molecule has 7 heteroatoms. The normalized spacial score (nSPS) is 20.1.